The van der Waals surface area contributed by atoms with Crippen molar-refractivity contribution in [3.8, 4) is 5.75 Å². The molecule has 0 aliphatic rings. The fourth-order valence-corrected chi connectivity index (χ4v) is 16.7. The molecule has 0 unspecified atom stereocenters. The average Bonchev–Trinajstić information content (AvgIpc) is 3.10. The average molecular weight is 719 g/mol. The van der Waals surface area contributed by atoms with Gasteiger partial charge in [-0.05, 0) is 30.9 Å². The van der Waals surface area contributed by atoms with Gasteiger partial charge in [-0.1, -0.05) is 148 Å². The summed E-state index contributed by atoms with van der Waals surface area (Å²) in [4.78, 5) is 0. The molecule has 0 aliphatic carbocycles. The summed E-state index contributed by atoms with van der Waals surface area (Å²) in [5.41, 5.74) is 0.176. The van der Waals surface area contributed by atoms with Crippen molar-refractivity contribution in [2.24, 2.45) is 0 Å². The molecule has 0 bridgehead atoms. The molecule has 0 aliphatic heterocycles. The van der Waals surface area contributed by atoms with E-state index >= 15 is 9.13 Å². The van der Waals surface area contributed by atoms with Gasteiger partial charge in [0, 0.05) is 26.8 Å². The van der Waals surface area contributed by atoms with Crippen LogP contribution in [0.4, 0.5) is 0 Å². The number of rotatable bonds is 12. The number of hydrogen-bond acceptors (Lipinski definition) is 6. The van der Waals surface area contributed by atoms with Gasteiger partial charge < -0.3 is 28.8 Å². The zero-order valence-electron chi connectivity index (χ0n) is 28.5. The Hall–Kier alpha value is -3.53. The van der Waals surface area contributed by atoms with E-state index in [1.807, 2.05) is 142 Å². The van der Waals surface area contributed by atoms with E-state index in [2.05, 4.69) is 0 Å². The lowest BCUT2D eigenvalue weighted by Crippen LogP contribution is -2.29. The largest absolute Gasteiger partial charge is 0.507 e. The van der Waals surface area contributed by atoms with Gasteiger partial charge >= 0.3 is 7.60 Å². The first-order valence-corrected chi connectivity index (χ1v) is 21.2. The van der Waals surface area contributed by atoms with Crippen molar-refractivity contribution in [2.45, 2.75) is 45.4 Å². The van der Waals surface area contributed by atoms with Crippen LogP contribution in [0.5, 0.6) is 5.75 Å². The van der Waals surface area contributed by atoms with Crippen LogP contribution in [0.25, 0.3) is 0 Å². The summed E-state index contributed by atoms with van der Waals surface area (Å²) in [6.45, 7) is 9.33. The van der Waals surface area contributed by atoms with E-state index in [-0.39, 0.29) is 29.7 Å². The maximum absolute atomic E-state index is 16.6. The lowest BCUT2D eigenvalue weighted by molar-refractivity contribution is 0.229. The second-order valence-corrected chi connectivity index (χ2v) is 20.7. The highest BCUT2D eigenvalue weighted by atomic mass is 31.2. The van der Waals surface area contributed by atoms with Gasteiger partial charge in [0.2, 0.25) is 0 Å². The smallest absolute Gasteiger partial charge is 0.365 e. The zero-order valence-corrected chi connectivity index (χ0v) is 31.2. The quantitative estimate of drug-likeness (QED) is 0.132. The van der Waals surface area contributed by atoms with Crippen LogP contribution in [0.15, 0.2) is 133 Å². The third-order valence-corrected chi connectivity index (χ3v) is 18.7. The van der Waals surface area contributed by atoms with Crippen LogP contribution in [0.1, 0.15) is 51.1 Å². The molecule has 7 nitrogen and oxygen atoms in total. The highest BCUT2D eigenvalue weighted by Gasteiger charge is 2.51. The molecule has 258 valence electrons. The van der Waals surface area contributed by atoms with E-state index < -0.39 is 32.7 Å². The molecule has 0 spiro atoms. The normalized spacial score (nSPS) is 12.4. The minimum Gasteiger partial charge on any atom is -0.507 e. The van der Waals surface area contributed by atoms with Gasteiger partial charge in [0.1, 0.15) is 16.5 Å². The van der Waals surface area contributed by atoms with Crippen LogP contribution in [0.3, 0.4) is 0 Å². The van der Waals surface area contributed by atoms with Crippen molar-refractivity contribution in [1.82, 2.24) is 0 Å². The molecule has 10 heteroatoms. The lowest BCUT2D eigenvalue weighted by Gasteiger charge is -2.37. The van der Waals surface area contributed by atoms with E-state index in [0.717, 1.165) is 0 Å². The molecule has 49 heavy (non-hydrogen) atoms. The number of phenolic OH excluding ortho intramolecular Hbond substituents is 1. The van der Waals surface area contributed by atoms with Crippen molar-refractivity contribution in [3.05, 3.63) is 145 Å². The predicted octanol–water partition coefficient (Wildman–Crippen LogP) is 7.78. The van der Waals surface area contributed by atoms with Crippen LogP contribution in [-0.2, 0) is 28.2 Å². The number of aromatic hydroxyl groups is 1. The summed E-state index contributed by atoms with van der Waals surface area (Å²) in [7, 11) is -11.9. The van der Waals surface area contributed by atoms with Gasteiger partial charge in [-0.25, -0.2) is 0 Å². The Morgan fingerprint density at radius 1 is 0.592 bits per heavy atom. The molecule has 0 saturated heterocycles. The summed E-state index contributed by atoms with van der Waals surface area (Å²) in [5.74, 6) is -0.223. The number of phenols is 1. The molecule has 5 aromatic carbocycles. The molecule has 3 N–H and O–H groups in total. The molecule has 0 saturated carbocycles. The molecule has 0 fully saturated rings. The Balaban J connectivity index is 0.00000541. The van der Waals surface area contributed by atoms with Gasteiger partial charge in [-0.2, -0.15) is 0 Å². The second kappa shape index (κ2) is 15.6. The third kappa shape index (κ3) is 7.35. The SMILES string of the molecule is CCOP(=O)(OCC)c1cc(C(P(=O)(c2ccccc2)c2ccccc2)P(=O)(c2ccccc2)c2ccccc2)cc(C(C)(C)C)c1O.O. The second-order valence-electron chi connectivity index (χ2n) is 12.6. The molecule has 5 aromatic rings. The van der Waals surface area contributed by atoms with E-state index in [1.54, 1.807) is 26.0 Å². The monoisotopic (exact) mass is 718 g/mol. The Morgan fingerprint density at radius 2 is 0.918 bits per heavy atom. The van der Waals surface area contributed by atoms with Gasteiger partial charge in [-0.3, -0.25) is 4.57 Å². The molecule has 0 radical (unpaired) electrons. The van der Waals surface area contributed by atoms with Crippen LogP contribution in [-0.4, -0.2) is 23.8 Å². The highest BCUT2D eigenvalue weighted by Crippen LogP contribution is 2.75. The maximum atomic E-state index is 16.6. The van der Waals surface area contributed by atoms with Crippen molar-refractivity contribution < 1.29 is 33.3 Å². The van der Waals surface area contributed by atoms with Crippen LogP contribution < -0.4 is 26.5 Å². The van der Waals surface area contributed by atoms with Crippen LogP contribution in [0, 0.1) is 0 Å². The minimum absolute atomic E-state index is 0. The maximum Gasteiger partial charge on any atom is 0.365 e. The van der Waals surface area contributed by atoms with Gasteiger partial charge in [-0.15, -0.1) is 0 Å². The van der Waals surface area contributed by atoms with Crippen molar-refractivity contribution in [3.63, 3.8) is 0 Å². The van der Waals surface area contributed by atoms with Crippen LogP contribution >= 0.6 is 21.9 Å². The molecular weight excluding hydrogens is 673 g/mol. The fourth-order valence-electron chi connectivity index (χ4n) is 6.20. The number of benzene rings is 5. The first-order valence-electron chi connectivity index (χ1n) is 16.1. The van der Waals surface area contributed by atoms with Crippen molar-refractivity contribution in [2.75, 3.05) is 13.2 Å². The Morgan fingerprint density at radius 3 is 1.20 bits per heavy atom. The minimum atomic E-state index is -4.09. The predicted molar refractivity (Wildman–Crippen MR) is 203 cm³/mol. The van der Waals surface area contributed by atoms with Crippen molar-refractivity contribution >= 4 is 48.4 Å². The molecule has 0 atom stereocenters. The Bertz CT molecular complexity index is 1780. The van der Waals surface area contributed by atoms with Gasteiger partial charge in [0.05, 0.1) is 13.2 Å². The Labute approximate surface area is 289 Å². The zero-order chi connectivity index (χ0) is 34.6. The molecule has 0 amide bonds. The first kappa shape index (κ1) is 38.3. The summed E-state index contributed by atoms with van der Waals surface area (Å²) < 4.78 is 59.3. The van der Waals surface area contributed by atoms with Crippen LogP contribution in [0.2, 0.25) is 0 Å². The highest BCUT2D eigenvalue weighted by molar-refractivity contribution is 7.94. The van der Waals surface area contributed by atoms with E-state index in [1.165, 1.54) is 0 Å². The lowest BCUT2D eigenvalue weighted by atomic mass is 9.85. The molecular formula is C39H45O7P3. The fraction of sp³-hybridized carbons (Fsp3) is 0.231. The van der Waals surface area contributed by atoms with E-state index in [4.69, 9.17) is 9.05 Å². The Kier molecular flexibility index (Phi) is 12.2. The molecule has 5 rings (SSSR count). The first-order chi connectivity index (χ1) is 22.9. The standard InChI is InChI=1S/C39H43O6P3.H2O/c1-6-44-48(43,45-7-2)36-29-30(28-35(37(36)40)39(3,4)5)38(46(41,31-20-12-8-13-21-31)32-22-14-9-15-23-32)47(42,33-24-16-10-17-25-33)34-26-18-11-19-27-34;/h8-29,38,40H,6-7H2,1-5H3;1H2. The van der Waals surface area contributed by atoms with Gasteiger partial charge in [0.25, 0.3) is 0 Å². The number of hydrogen-bond donors (Lipinski definition) is 1. The third-order valence-electron chi connectivity index (χ3n) is 8.36. The van der Waals surface area contributed by atoms with Gasteiger partial charge in [0.15, 0.2) is 14.3 Å². The summed E-state index contributed by atoms with van der Waals surface area (Å²) in [6.07, 6.45) is 0. The topological polar surface area (TPSA) is 121 Å². The summed E-state index contributed by atoms with van der Waals surface area (Å²) in [6, 6.07) is 40.0. The molecule has 0 heterocycles. The van der Waals surface area contributed by atoms with E-state index in [0.29, 0.717) is 32.3 Å². The van der Waals surface area contributed by atoms with E-state index in [9.17, 15) is 9.67 Å². The van der Waals surface area contributed by atoms with Crippen molar-refractivity contribution in [1.29, 1.82) is 0 Å². The molecule has 0 aromatic heterocycles. The summed E-state index contributed by atoms with van der Waals surface area (Å²) in [5, 5.41) is 12.7. The summed E-state index contributed by atoms with van der Waals surface area (Å²) >= 11 is 0.